The highest BCUT2D eigenvalue weighted by molar-refractivity contribution is 5.74. The fourth-order valence-corrected chi connectivity index (χ4v) is 2.85. The van der Waals surface area contributed by atoms with Crippen LogP contribution in [0.3, 0.4) is 0 Å². The van der Waals surface area contributed by atoms with Crippen LogP contribution in [-0.2, 0) is 11.3 Å². The molecule has 2 rings (SSSR count). The molecule has 2 amide bonds. The van der Waals surface area contributed by atoms with Gasteiger partial charge in [-0.05, 0) is 37.1 Å². The molecule has 1 fully saturated rings. The summed E-state index contributed by atoms with van der Waals surface area (Å²) in [5.74, 6) is -1.47. The van der Waals surface area contributed by atoms with Crippen molar-refractivity contribution in [1.82, 2.24) is 15.5 Å². The third kappa shape index (κ3) is 5.16. The number of hydrogen-bond acceptors (Lipinski definition) is 4. The summed E-state index contributed by atoms with van der Waals surface area (Å²) in [6.07, 6.45) is 1.42. The lowest BCUT2D eigenvalue weighted by atomic mass is 9.85. The first kappa shape index (κ1) is 18.7. The molecule has 0 radical (unpaired) electrons. The number of carboxylic acids is 1. The van der Waals surface area contributed by atoms with E-state index in [4.69, 9.17) is 10.4 Å². The number of hydrogen-bond donors (Lipinski definition) is 3. The lowest BCUT2D eigenvalue weighted by Gasteiger charge is -2.42. The van der Waals surface area contributed by atoms with Crippen LogP contribution in [0, 0.1) is 17.1 Å². The molecule has 0 aromatic heterocycles. The Bertz CT molecular complexity index is 683. The number of amides is 2. The molecule has 1 saturated carbocycles. The van der Waals surface area contributed by atoms with E-state index in [1.807, 2.05) is 11.8 Å². The van der Waals surface area contributed by atoms with E-state index in [0.717, 1.165) is 0 Å². The number of carbonyl (C=O) groups is 2. The molecular formula is C17H21FN4O3. The highest BCUT2D eigenvalue weighted by Crippen LogP contribution is 2.25. The minimum Gasteiger partial charge on any atom is -0.480 e. The summed E-state index contributed by atoms with van der Waals surface area (Å²) in [6.45, 7) is 2.72. The van der Waals surface area contributed by atoms with Crippen LogP contribution in [-0.4, -0.2) is 47.2 Å². The van der Waals surface area contributed by atoms with Gasteiger partial charge in [0, 0.05) is 18.6 Å². The van der Waals surface area contributed by atoms with Gasteiger partial charge >= 0.3 is 12.0 Å². The Labute approximate surface area is 145 Å². The lowest BCUT2D eigenvalue weighted by Crippen LogP contribution is -2.56. The zero-order valence-corrected chi connectivity index (χ0v) is 14.0. The van der Waals surface area contributed by atoms with E-state index in [9.17, 15) is 14.0 Å². The smallest absolute Gasteiger partial charge is 0.317 e. The largest absolute Gasteiger partial charge is 0.480 e. The van der Waals surface area contributed by atoms with E-state index < -0.39 is 11.8 Å². The fourth-order valence-electron chi connectivity index (χ4n) is 2.85. The van der Waals surface area contributed by atoms with Crippen LogP contribution in [0.1, 0.15) is 30.9 Å². The number of carboxylic acid groups (broad SMARTS) is 1. The van der Waals surface area contributed by atoms with Crippen LogP contribution in [0.25, 0.3) is 0 Å². The number of nitrogens with zero attached hydrogens (tertiary/aromatic N) is 2. The van der Waals surface area contributed by atoms with Crippen molar-refractivity contribution in [3.63, 3.8) is 0 Å². The van der Waals surface area contributed by atoms with Crippen LogP contribution >= 0.6 is 0 Å². The summed E-state index contributed by atoms with van der Waals surface area (Å²) in [6, 6.07) is 5.75. The van der Waals surface area contributed by atoms with Crippen LogP contribution in [0.5, 0.6) is 0 Å². The molecule has 0 unspecified atom stereocenters. The Kier molecular flexibility index (Phi) is 6.31. The number of aliphatic carboxylic acids is 1. The molecule has 1 aliphatic carbocycles. The van der Waals surface area contributed by atoms with Crippen LogP contribution in [0.2, 0.25) is 0 Å². The van der Waals surface area contributed by atoms with Gasteiger partial charge in [0.1, 0.15) is 11.9 Å². The first-order chi connectivity index (χ1) is 11.9. The van der Waals surface area contributed by atoms with Gasteiger partial charge in [-0.2, -0.15) is 5.26 Å². The van der Waals surface area contributed by atoms with Gasteiger partial charge in [0.15, 0.2) is 0 Å². The Morgan fingerprint density at radius 1 is 1.44 bits per heavy atom. The first-order valence-electron chi connectivity index (χ1n) is 8.11. The zero-order valence-electron chi connectivity index (χ0n) is 14.0. The van der Waals surface area contributed by atoms with Gasteiger partial charge in [0.05, 0.1) is 12.1 Å². The second kappa shape index (κ2) is 8.44. The SMILES string of the molecule is CCN(CC(=O)O)C1CC(NC(=O)NCc2ccc(C#N)c(F)c2)C1. The molecule has 0 bridgehead atoms. The average Bonchev–Trinajstić information content (AvgIpc) is 2.54. The third-order valence-electron chi connectivity index (χ3n) is 4.32. The Hall–Kier alpha value is -2.66. The van der Waals surface area contributed by atoms with Crippen LogP contribution < -0.4 is 10.6 Å². The molecule has 7 nitrogen and oxygen atoms in total. The highest BCUT2D eigenvalue weighted by Gasteiger charge is 2.34. The van der Waals surface area contributed by atoms with Crippen molar-refractivity contribution in [2.75, 3.05) is 13.1 Å². The summed E-state index contributed by atoms with van der Waals surface area (Å²) >= 11 is 0. The molecule has 1 aromatic carbocycles. The number of nitrogens with one attached hydrogen (secondary N) is 2. The Morgan fingerprint density at radius 2 is 2.16 bits per heavy atom. The summed E-state index contributed by atoms with van der Waals surface area (Å²) in [5.41, 5.74) is 0.535. The topological polar surface area (TPSA) is 105 Å². The molecule has 25 heavy (non-hydrogen) atoms. The number of benzene rings is 1. The lowest BCUT2D eigenvalue weighted by molar-refractivity contribution is -0.139. The van der Waals surface area contributed by atoms with Crippen LogP contribution in [0.4, 0.5) is 9.18 Å². The fraction of sp³-hybridized carbons (Fsp3) is 0.471. The van der Waals surface area contributed by atoms with Crippen molar-refractivity contribution in [3.8, 4) is 6.07 Å². The number of carbonyl (C=O) groups excluding carboxylic acids is 1. The number of rotatable bonds is 7. The maximum atomic E-state index is 13.5. The van der Waals surface area contributed by atoms with Gasteiger partial charge < -0.3 is 15.7 Å². The van der Waals surface area contributed by atoms with Gasteiger partial charge in [-0.15, -0.1) is 0 Å². The molecule has 1 aromatic rings. The molecule has 0 atom stereocenters. The van der Waals surface area contributed by atoms with Crippen molar-refractivity contribution in [2.45, 2.75) is 38.4 Å². The minimum atomic E-state index is -0.856. The second-order valence-electron chi connectivity index (χ2n) is 6.03. The molecule has 1 aliphatic rings. The standard InChI is InChI=1S/C17H21FN4O3/c1-2-22(10-16(23)24)14-6-13(7-14)21-17(25)20-9-11-3-4-12(8-19)15(18)5-11/h3-5,13-14H,2,6-7,9-10H2,1H3,(H,23,24)(H2,20,21,25). The number of nitriles is 1. The monoisotopic (exact) mass is 348 g/mol. The maximum Gasteiger partial charge on any atom is 0.317 e. The molecule has 0 aliphatic heterocycles. The van der Waals surface area contributed by atoms with Crippen molar-refractivity contribution < 1.29 is 19.1 Å². The van der Waals surface area contributed by atoms with E-state index in [2.05, 4.69) is 10.6 Å². The third-order valence-corrected chi connectivity index (χ3v) is 4.32. The quantitative estimate of drug-likeness (QED) is 0.691. The number of urea groups is 1. The molecule has 134 valence electrons. The Morgan fingerprint density at radius 3 is 2.72 bits per heavy atom. The first-order valence-corrected chi connectivity index (χ1v) is 8.11. The molecule has 0 saturated heterocycles. The average molecular weight is 348 g/mol. The Balaban J connectivity index is 1.73. The zero-order chi connectivity index (χ0) is 18.4. The van der Waals surface area contributed by atoms with Crippen molar-refractivity contribution in [2.24, 2.45) is 0 Å². The minimum absolute atomic E-state index is 0.00431. The van der Waals surface area contributed by atoms with E-state index in [0.29, 0.717) is 24.9 Å². The predicted molar refractivity (Wildman–Crippen MR) is 88.2 cm³/mol. The summed E-state index contributed by atoms with van der Waals surface area (Å²) in [4.78, 5) is 24.5. The molecule has 0 heterocycles. The molecular weight excluding hydrogens is 327 g/mol. The van der Waals surface area contributed by atoms with Gasteiger partial charge in [0.2, 0.25) is 0 Å². The van der Waals surface area contributed by atoms with Gasteiger partial charge in [0.25, 0.3) is 0 Å². The van der Waals surface area contributed by atoms with Gasteiger partial charge in [-0.25, -0.2) is 9.18 Å². The highest BCUT2D eigenvalue weighted by atomic mass is 19.1. The van der Waals surface area contributed by atoms with Crippen molar-refractivity contribution in [1.29, 1.82) is 5.26 Å². The maximum absolute atomic E-state index is 13.5. The summed E-state index contributed by atoms with van der Waals surface area (Å²) in [7, 11) is 0. The predicted octanol–water partition coefficient (Wildman–Crippen LogP) is 1.43. The molecule has 8 heteroatoms. The summed E-state index contributed by atoms with van der Waals surface area (Å²) < 4.78 is 13.5. The van der Waals surface area contributed by atoms with Crippen molar-refractivity contribution >= 4 is 12.0 Å². The van der Waals surface area contributed by atoms with E-state index in [1.54, 1.807) is 12.1 Å². The van der Waals surface area contributed by atoms with Gasteiger partial charge in [-0.1, -0.05) is 13.0 Å². The van der Waals surface area contributed by atoms with Crippen LogP contribution in [0.15, 0.2) is 18.2 Å². The molecule has 3 N–H and O–H groups in total. The number of likely N-dealkylation sites (N-methyl/N-ethyl adjacent to an activating group) is 1. The van der Waals surface area contributed by atoms with E-state index in [1.165, 1.54) is 12.1 Å². The van der Waals surface area contributed by atoms with E-state index >= 15 is 0 Å². The number of halogens is 1. The van der Waals surface area contributed by atoms with E-state index in [-0.39, 0.29) is 36.8 Å². The normalized spacial score (nSPS) is 19.0. The summed E-state index contributed by atoms with van der Waals surface area (Å²) in [5, 5.41) is 23.0. The van der Waals surface area contributed by atoms with Gasteiger partial charge in [-0.3, -0.25) is 9.69 Å². The molecule has 0 spiro atoms. The second-order valence-corrected chi connectivity index (χ2v) is 6.03. The van der Waals surface area contributed by atoms with Crippen molar-refractivity contribution in [3.05, 3.63) is 35.1 Å².